The Morgan fingerprint density at radius 2 is 1.95 bits per heavy atom. The molecule has 1 heterocycles. The number of carbonyl (C=O) groups is 1. The van der Waals surface area contributed by atoms with Crippen molar-refractivity contribution in [3.05, 3.63) is 34.9 Å². The molecule has 0 aromatic heterocycles. The first-order valence-corrected chi connectivity index (χ1v) is 9.10. The predicted octanol–water partition coefficient (Wildman–Crippen LogP) is 1.42. The summed E-state index contributed by atoms with van der Waals surface area (Å²) >= 11 is 6.06. The average molecular weight is 331 g/mol. The maximum absolute atomic E-state index is 12.2. The van der Waals surface area contributed by atoms with Crippen molar-refractivity contribution in [1.82, 2.24) is 9.62 Å². The zero-order chi connectivity index (χ0) is 15.5. The number of piperidine rings is 1. The Kier molecular flexibility index (Phi) is 5.24. The van der Waals surface area contributed by atoms with E-state index < -0.39 is 10.0 Å². The van der Waals surface area contributed by atoms with Gasteiger partial charge >= 0.3 is 0 Å². The van der Waals surface area contributed by atoms with Crippen LogP contribution in [0, 0.1) is 0 Å². The van der Waals surface area contributed by atoms with E-state index in [0.717, 1.165) is 11.8 Å². The zero-order valence-corrected chi connectivity index (χ0v) is 13.5. The second-order valence-electron chi connectivity index (χ2n) is 5.31. The van der Waals surface area contributed by atoms with Crippen LogP contribution < -0.4 is 4.72 Å². The van der Waals surface area contributed by atoms with E-state index in [2.05, 4.69) is 4.72 Å². The first-order valence-electron chi connectivity index (χ1n) is 6.83. The molecule has 1 aliphatic heterocycles. The number of halogens is 1. The van der Waals surface area contributed by atoms with E-state index in [4.69, 9.17) is 11.6 Å². The van der Waals surface area contributed by atoms with Gasteiger partial charge in [0, 0.05) is 24.2 Å². The Hall–Kier alpha value is -1.11. The molecule has 0 spiro atoms. The maximum atomic E-state index is 12.2. The number of nitrogens with one attached hydrogen (secondary N) is 1. The van der Waals surface area contributed by atoms with Gasteiger partial charge < -0.3 is 4.90 Å². The summed E-state index contributed by atoms with van der Waals surface area (Å²) in [6.07, 6.45) is 2.72. The fourth-order valence-corrected chi connectivity index (χ4v) is 3.51. The first-order chi connectivity index (χ1) is 9.85. The lowest BCUT2D eigenvalue weighted by Gasteiger charge is -2.32. The molecule has 1 amide bonds. The summed E-state index contributed by atoms with van der Waals surface area (Å²) in [4.78, 5) is 14.0. The van der Waals surface area contributed by atoms with Crippen molar-refractivity contribution in [1.29, 1.82) is 0 Å². The molecule has 0 atom stereocenters. The van der Waals surface area contributed by atoms with Crippen LogP contribution in [0.1, 0.15) is 18.4 Å². The molecule has 1 aliphatic rings. The minimum atomic E-state index is -3.19. The second kappa shape index (κ2) is 6.77. The lowest BCUT2D eigenvalue weighted by atomic mass is 10.0. The van der Waals surface area contributed by atoms with Gasteiger partial charge in [-0.3, -0.25) is 4.79 Å². The Labute approximate surface area is 130 Å². The van der Waals surface area contributed by atoms with Crippen LogP contribution in [-0.4, -0.2) is 44.6 Å². The molecule has 1 saturated heterocycles. The summed E-state index contributed by atoms with van der Waals surface area (Å²) in [6.45, 7) is 1.13. The van der Waals surface area contributed by atoms with Crippen LogP contribution in [0.25, 0.3) is 0 Å². The number of amides is 1. The maximum Gasteiger partial charge on any atom is 0.227 e. The van der Waals surface area contributed by atoms with E-state index in [1.165, 1.54) is 0 Å². The van der Waals surface area contributed by atoms with Gasteiger partial charge in [-0.1, -0.05) is 29.8 Å². The fourth-order valence-electron chi connectivity index (χ4n) is 2.47. The number of benzene rings is 1. The van der Waals surface area contributed by atoms with Gasteiger partial charge in [0.05, 0.1) is 12.7 Å². The van der Waals surface area contributed by atoms with Crippen LogP contribution in [0.4, 0.5) is 0 Å². The quantitative estimate of drug-likeness (QED) is 0.908. The molecule has 1 N–H and O–H groups in total. The molecule has 0 bridgehead atoms. The molecule has 7 heteroatoms. The van der Waals surface area contributed by atoms with Crippen molar-refractivity contribution < 1.29 is 13.2 Å². The van der Waals surface area contributed by atoms with Gasteiger partial charge in [0.2, 0.25) is 15.9 Å². The van der Waals surface area contributed by atoms with Crippen molar-refractivity contribution in [2.24, 2.45) is 0 Å². The average Bonchev–Trinajstić information content (AvgIpc) is 2.40. The largest absolute Gasteiger partial charge is 0.342 e. The van der Waals surface area contributed by atoms with Gasteiger partial charge in [0.25, 0.3) is 0 Å². The lowest BCUT2D eigenvalue weighted by Crippen LogP contribution is -2.46. The Balaban J connectivity index is 1.88. The van der Waals surface area contributed by atoms with Gasteiger partial charge in [0.15, 0.2) is 0 Å². The molecule has 0 radical (unpaired) electrons. The normalized spacial score (nSPS) is 17.0. The Bertz CT molecular complexity index is 610. The van der Waals surface area contributed by atoms with Crippen molar-refractivity contribution in [3.63, 3.8) is 0 Å². The molecule has 1 aromatic rings. The number of hydrogen-bond donors (Lipinski definition) is 1. The fraction of sp³-hybridized carbons (Fsp3) is 0.500. The molecular formula is C14H19ClN2O3S. The summed E-state index contributed by atoms with van der Waals surface area (Å²) in [5.41, 5.74) is 0.820. The SMILES string of the molecule is CS(=O)(=O)NC1CCN(C(=O)Cc2ccccc2Cl)CC1. The van der Waals surface area contributed by atoms with E-state index in [1.807, 2.05) is 18.2 Å². The number of likely N-dealkylation sites (tertiary alicyclic amines) is 1. The van der Waals surface area contributed by atoms with Crippen molar-refractivity contribution in [2.75, 3.05) is 19.3 Å². The summed E-state index contributed by atoms with van der Waals surface area (Å²) in [7, 11) is -3.19. The third-order valence-electron chi connectivity index (χ3n) is 3.53. The zero-order valence-electron chi connectivity index (χ0n) is 11.9. The number of nitrogens with zero attached hydrogens (tertiary/aromatic N) is 1. The van der Waals surface area contributed by atoms with Crippen LogP contribution >= 0.6 is 11.6 Å². The third kappa shape index (κ3) is 4.98. The van der Waals surface area contributed by atoms with Crippen LogP contribution in [0.3, 0.4) is 0 Å². The third-order valence-corrected chi connectivity index (χ3v) is 4.66. The van der Waals surface area contributed by atoms with E-state index in [0.29, 0.717) is 31.0 Å². The van der Waals surface area contributed by atoms with Gasteiger partial charge in [-0.15, -0.1) is 0 Å². The monoisotopic (exact) mass is 330 g/mol. The van der Waals surface area contributed by atoms with E-state index in [-0.39, 0.29) is 18.4 Å². The highest BCUT2D eigenvalue weighted by Gasteiger charge is 2.24. The minimum absolute atomic E-state index is 0.0286. The standard InChI is InChI=1S/C14H19ClN2O3S/c1-21(19,20)16-12-6-8-17(9-7-12)14(18)10-11-4-2-3-5-13(11)15/h2-5,12,16H,6-10H2,1H3. The highest BCUT2D eigenvalue weighted by molar-refractivity contribution is 7.88. The minimum Gasteiger partial charge on any atom is -0.342 e. The molecule has 0 unspecified atom stereocenters. The molecule has 1 fully saturated rings. The Morgan fingerprint density at radius 1 is 1.33 bits per heavy atom. The number of rotatable bonds is 4. The van der Waals surface area contributed by atoms with Crippen molar-refractivity contribution in [2.45, 2.75) is 25.3 Å². The summed E-state index contributed by atoms with van der Waals surface area (Å²) in [5.74, 6) is 0.0286. The molecule has 0 saturated carbocycles. The van der Waals surface area contributed by atoms with E-state index >= 15 is 0 Å². The molecule has 5 nitrogen and oxygen atoms in total. The molecule has 2 rings (SSSR count). The number of hydrogen-bond acceptors (Lipinski definition) is 3. The second-order valence-corrected chi connectivity index (χ2v) is 7.50. The van der Waals surface area contributed by atoms with Gasteiger partial charge in [-0.25, -0.2) is 13.1 Å². The van der Waals surface area contributed by atoms with Crippen LogP contribution in [0.5, 0.6) is 0 Å². The van der Waals surface area contributed by atoms with Gasteiger partial charge in [-0.2, -0.15) is 0 Å². The molecule has 21 heavy (non-hydrogen) atoms. The van der Waals surface area contributed by atoms with Gasteiger partial charge in [0.1, 0.15) is 0 Å². The molecule has 116 valence electrons. The van der Waals surface area contributed by atoms with E-state index in [9.17, 15) is 13.2 Å². The first kappa shape index (κ1) is 16.3. The number of sulfonamides is 1. The topological polar surface area (TPSA) is 66.5 Å². The van der Waals surface area contributed by atoms with Crippen LogP contribution in [-0.2, 0) is 21.2 Å². The van der Waals surface area contributed by atoms with Crippen LogP contribution in [0.15, 0.2) is 24.3 Å². The van der Waals surface area contributed by atoms with Crippen LogP contribution in [0.2, 0.25) is 5.02 Å². The highest BCUT2D eigenvalue weighted by Crippen LogP contribution is 2.18. The smallest absolute Gasteiger partial charge is 0.227 e. The predicted molar refractivity (Wildman–Crippen MR) is 82.7 cm³/mol. The van der Waals surface area contributed by atoms with Crippen molar-refractivity contribution in [3.8, 4) is 0 Å². The Morgan fingerprint density at radius 3 is 2.52 bits per heavy atom. The summed E-state index contributed by atoms with van der Waals surface area (Å²) < 4.78 is 25.0. The van der Waals surface area contributed by atoms with Crippen molar-refractivity contribution >= 4 is 27.5 Å². The summed E-state index contributed by atoms with van der Waals surface area (Å²) in [6, 6.07) is 7.23. The van der Waals surface area contributed by atoms with E-state index in [1.54, 1.807) is 11.0 Å². The molecule has 0 aliphatic carbocycles. The number of carbonyl (C=O) groups excluding carboxylic acids is 1. The summed E-state index contributed by atoms with van der Waals surface area (Å²) in [5, 5.41) is 0.597. The lowest BCUT2D eigenvalue weighted by molar-refractivity contribution is -0.131. The van der Waals surface area contributed by atoms with Gasteiger partial charge in [-0.05, 0) is 24.5 Å². The molecular weight excluding hydrogens is 312 g/mol. The highest BCUT2D eigenvalue weighted by atomic mass is 35.5. The molecule has 1 aromatic carbocycles.